The first-order chi connectivity index (χ1) is 14.4. The summed E-state index contributed by atoms with van der Waals surface area (Å²) >= 11 is 0. The lowest BCUT2D eigenvalue weighted by Gasteiger charge is -2.15. The van der Waals surface area contributed by atoms with Gasteiger partial charge in [-0.15, -0.1) is 0 Å². The predicted molar refractivity (Wildman–Crippen MR) is 121 cm³/mol. The number of fused-ring (bicyclic) bond motifs is 4. The van der Waals surface area contributed by atoms with E-state index in [4.69, 9.17) is 4.98 Å². The maximum atomic E-state index is 5.09. The van der Waals surface area contributed by atoms with E-state index in [0.29, 0.717) is 0 Å². The van der Waals surface area contributed by atoms with Crippen LogP contribution in [0.15, 0.2) is 109 Å². The molecule has 0 bridgehead atoms. The molecule has 2 aromatic heterocycles. The Morgan fingerprint density at radius 1 is 0.517 bits per heavy atom. The highest BCUT2D eigenvalue weighted by molar-refractivity contribution is 6.20. The average molecular weight is 370 g/mol. The van der Waals surface area contributed by atoms with Gasteiger partial charge in [0.1, 0.15) is 5.65 Å². The minimum Gasteiger partial charge on any atom is -0.299 e. The third-order valence-electron chi connectivity index (χ3n) is 5.59. The van der Waals surface area contributed by atoms with Crippen molar-refractivity contribution in [2.75, 3.05) is 0 Å². The van der Waals surface area contributed by atoms with E-state index in [2.05, 4.69) is 108 Å². The maximum absolute atomic E-state index is 5.09. The highest BCUT2D eigenvalue weighted by Gasteiger charge is 2.20. The molecule has 0 aliphatic carbocycles. The van der Waals surface area contributed by atoms with E-state index >= 15 is 0 Å². The fraction of sp³-hybridized carbons (Fsp3) is 0. The molecule has 0 saturated carbocycles. The van der Waals surface area contributed by atoms with Gasteiger partial charge in [0.25, 0.3) is 0 Å². The molecule has 2 heterocycles. The van der Waals surface area contributed by atoms with Gasteiger partial charge in [0.2, 0.25) is 0 Å². The van der Waals surface area contributed by atoms with Crippen molar-refractivity contribution in [3.8, 4) is 22.3 Å². The molecule has 6 rings (SSSR count). The number of hydrogen-bond acceptors (Lipinski definition) is 1. The first kappa shape index (κ1) is 16.1. The van der Waals surface area contributed by atoms with Crippen LogP contribution in [0.3, 0.4) is 0 Å². The van der Waals surface area contributed by atoms with Crippen molar-refractivity contribution >= 4 is 27.5 Å². The summed E-state index contributed by atoms with van der Waals surface area (Å²) in [6.45, 7) is 0. The van der Waals surface area contributed by atoms with E-state index in [0.717, 1.165) is 16.7 Å². The zero-order valence-electron chi connectivity index (χ0n) is 15.8. The van der Waals surface area contributed by atoms with Gasteiger partial charge >= 0.3 is 0 Å². The molecule has 0 aliphatic heterocycles. The predicted octanol–water partition coefficient (Wildman–Crippen LogP) is 6.97. The highest BCUT2D eigenvalue weighted by atomic mass is 15.0. The molecule has 2 heteroatoms. The largest absolute Gasteiger partial charge is 0.299 e. The lowest BCUT2D eigenvalue weighted by molar-refractivity contribution is 1.23. The summed E-state index contributed by atoms with van der Waals surface area (Å²) in [4.78, 5) is 5.09. The van der Waals surface area contributed by atoms with Crippen LogP contribution in [-0.2, 0) is 0 Å². The summed E-state index contributed by atoms with van der Waals surface area (Å²) in [5.41, 5.74) is 7.99. The summed E-state index contributed by atoms with van der Waals surface area (Å²) in [6.07, 6.45) is 2.11. The number of imidazole rings is 1. The van der Waals surface area contributed by atoms with Gasteiger partial charge in [0, 0.05) is 17.3 Å². The number of nitrogens with zero attached hydrogens (tertiary/aromatic N) is 2. The molecule has 2 nitrogen and oxygen atoms in total. The van der Waals surface area contributed by atoms with Gasteiger partial charge < -0.3 is 0 Å². The minimum atomic E-state index is 0.965. The number of aromatic nitrogens is 2. The lowest BCUT2D eigenvalue weighted by atomic mass is 9.90. The normalized spacial score (nSPS) is 11.4. The van der Waals surface area contributed by atoms with E-state index in [1.54, 1.807) is 0 Å². The zero-order valence-corrected chi connectivity index (χ0v) is 15.8. The molecular formula is C27H18N2. The second kappa shape index (κ2) is 6.32. The first-order valence-corrected chi connectivity index (χ1v) is 9.84. The molecule has 4 aromatic carbocycles. The average Bonchev–Trinajstić information content (AvgIpc) is 3.17. The molecule has 0 saturated heterocycles. The summed E-state index contributed by atoms with van der Waals surface area (Å²) in [6, 6.07) is 36.1. The van der Waals surface area contributed by atoms with Crippen molar-refractivity contribution in [1.29, 1.82) is 0 Å². The molecule has 0 spiro atoms. The Morgan fingerprint density at radius 3 is 1.76 bits per heavy atom. The summed E-state index contributed by atoms with van der Waals surface area (Å²) < 4.78 is 2.22. The Labute approximate surface area is 168 Å². The molecular weight excluding hydrogens is 352 g/mol. The molecule has 0 radical (unpaired) electrons. The van der Waals surface area contributed by atoms with Crippen LogP contribution in [0.5, 0.6) is 0 Å². The van der Waals surface area contributed by atoms with Gasteiger partial charge in [0.15, 0.2) is 0 Å². The van der Waals surface area contributed by atoms with Crippen LogP contribution in [0, 0.1) is 0 Å². The SMILES string of the molecule is c1ccc(-c2c3ccccc3c(-c3ccccc3)c3c2nc2ccccn23)cc1. The number of pyridine rings is 1. The minimum absolute atomic E-state index is 0.965. The van der Waals surface area contributed by atoms with Crippen LogP contribution in [-0.4, -0.2) is 9.38 Å². The van der Waals surface area contributed by atoms with Crippen LogP contribution in [0.4, 0.5) is 0 Å². The Kier molecular flexibility index (Phi) is 3.50. The van der Waals surface area contributed by atoms with Crippen LogP contribution in [0.1, 0.15) is 0 Å². The zero-order chi connectivity index (χ0) is 19.2. The molecule has 136 valence electrons. The van der Waals surface area contributed by atoms with Crippen LogP contribution < -0.4 is 0 Å². The van der Waals surface area contributed by atoms with Crippen LogP contribution >= 0.6 is 0 Å². The van der Waals surface area contributed by atoms with Crippen molar-refractivity contribution in [1.82, 2.24) is 9.38 Å². The molecule has 29 heavy (non-hydrogen) atoms. The van der Waals surface area contributed by atoms with Crippen LogP contribution in [0.25, 0.3) is 49.7 Å². The summed E-state index contributed by atoms with van der Waals surface area (Å²) in [7, 11) is 0. The van der Waals surface area contributed by atoms with E-state index < -0.39 is 0 Å². The van der Waals surface area contributed by atoms with Crippen molar-refractivity contribution in [2.24, 2.45) is 0 Å². The van der Waals surface area contributed by atoms with Gasteiger partial charge in [-0.05, 0) is 34.0 Å². The quantitative estimate of drug-likeness (QED) is 0.321. The van der Waals surface area contributed by atoms with E-state index in [9.17, 15) is 0 Å². The van der Waals surface area contributed by atoms with E-state index in [1.165, 1.54) is 33.0 Å². The Balaban J connectivity index is 1.92. The van der Waals surface area contributed by atoms with Crippen molar-refractivity contribution in [2.45, 2.75) is 0 Å². The summed E-state index contributed by atoms with van der Waals surface area (Å²) in [5.74, 6) is 0. The molecule has 0 fully saturated rings. The van der Waals surface area contributed by atoms with E-state index in [-0.39, 0.29) is 0 Å². The first-order valence-electron chi connectivity index (χ1n) is 9.84. The van der Waals surface area contributed by atoms with Gasteiger partial charge in [-0.25, -0.2) is 4.98 Å². The topological polar surface area (TPSA) is 17.3 Å². The molecule has 6 aromatic rings. The van der Waals surface area contributed by atoms with Crippen molar-refractivity contribution in [3.63, 3.8) is 0 Å². The van der Waals surface area contributed by atoms with E-state index in [1.807, 2.05) is 6.07 Å². The molecule has 0 unspecified atom stereocenters. The van der Waals surface area contributed by atoms with Gasteiger partial charge in [0.05, 0.1) is 11.0 Å². The Morgan fingerprint density at radius 2 is 1.07 bits per heavy atom. The fourth-order valence-corrected chi connectivity index (χ4v) is 4.38. The number of hydrogen-bond donors (Lipinski definition) is 0. The second-order valence-corrected chi connectivity index (χ2v) is 7.27. The van der Waals surface area contributed by atoms with Crippen LogP contribution in [0.2, 0.25) is 0 Å². The molecule has 0 atom stereocenters. The number of benzene rings is 4. The van der Waals surface area contributed by atoms with Gasteiger partial charge in [-0.3, -0.25) is 4.40 Å². The lowest BCUT2D eigenvalue weighted by Crippen LogP contribution is -1.92. The highest BCUT2D eigenvalue weighted by Crippen LogP contribution is 2.43. The molecule has 0 amide bonds. The molecule has 0 N–H and O–H groups in total. The third-order valence-corrected chi connectivity index (χ3v) is 5.59. The van der Waals surface area contributed by atoms with Crippen molar-refractivity contribution < 1.29 is 0 Å². The fourth-order valence-electron chi connectivity index (χ4n) is 4.38. The maximum Gasteiger partial charge on any atom is 0.137 e. The van der Waals surface area contributed by atoms with Crippen molar-refractivity contribution in [3.05, 3.63) is 109 Å². The van der Waals surface area contributed by atoms with Gasteiger partial charge in [-0.2, -0.15) is 0 Å². The monoisotopic (exact) mass is 370 g/mol. The van der Waals surface area contributed by atoms with Gasteiger partial charge in [-0.1, -0.05) is 91.0 Å². The Hall–Kier alpha value is -3.91. The third kappa shape index (κ3) is 2.39. The molecule has 0 aliphatic rings. The summed E-state index contributed by atoms with van der Waals surface area (Å²) in [5, 5.41) is 2.48. The second-order valence-electron chi connectivity index (χ2n) is 7.27. The Bertz CT molecular complexity index is 1480. The number of rotatable bonds is 2. The standard InChI is InChI=1S/C27H18N2/c1-3-11-19(12-4-1)24-21-15-7-8-16-22(21)25(20-13-5-2-6-14-20)27-26(24)28-23-17-9-10-18-29(23)27/h1-18H. The smallest absolute Gasteiger partial charge is 0.137 e.